The Morgan fingerprint density at radius 3 is 2.94 bits per heavy atom. The van der Waals surface area contributed by atoms with Crippen molar-refractivity contribution in [2.24, 2.45) is 0 Å². The van der Waals surface area contributed by atoms with Gasteiger partial charge in [-0.1, -0.05) is 11.8 Å². The summed E-state index contributed by atoms with van der Waals surface area (Å²) in [6, 6.07) is 0.517. The molecule has 7 nitrogen and oxygen atoms in total. The highest BCUT2D eigenvalue weighted by molar-refractivity contribution is 7.99. The van der Waals surface area contributed by atoms with Crippen LogP contribution in [0.5, 0.6) is 6.01 Å². The van der Waals surface area contributed by atoms with E-state index in [4.69, 9.17) is 10.5 Å². The van der Waals surface area contributed by atoms with Gasteiger partial charge in [-0.25, -0.2) is 0 Å². The largest absolute Gasteiger partial charge is 0.467 e. The number of hydrogen-bond donors (Lipinski definition) is 2. The van der Waals surface area contributed by atoms with Gasteiger partial charge in [0.05, 0.1) is 12.9 Å². The molecule has 0 atom stereocenters. The van der Waals surface area contributed by atoms with Gasteiger partial charge in [-0.05, 0) is 12.8 Å². The lowest BCUT2D eigenvalue weighted by atomic mass is 10.6. The second kappa shape index (κ2) is 5.17. The summed E-state index contributed by atoms with van der Waals surface area (Å²) in [7, 11) is 1.45. The molecule has 0 radical (unpaired) electrons. The zero-order valence-electron chi connectivity index (χ0n) is 9.34. The van der Waals surface area contributed by atoms with Gasteiger partial charge in [-0.3, -0.25) is 4.79 Å². The maximum absolute atomic E-state index is 11.4. The molecular formula is C9H13N5O2S. The number of rotatable bonds is 5. The summed E-state index contributed by atoms with van der Waals surface area (Å²) in [4.78, 5) is 23.1. The lowest BCUT2D eigenvalue weighted by Gasteiger charge is -2.04. The van der Waals surface area contributed by atoms with Crippen LogP contribution in [0, 0.1) is 0 Å². The first-order valence-electron chi connectivity index (χ1n) is 5.15. The van der Waals surface area contributed by atoms with Crippen molar-refractivity contribution in [2.75, 3.05) is 18.6 Å². The van der Waals surface area contributed by atoms with E-state index in [-0.39, 0.29) is 23.6 Å². The minimum absolute atomic E-state index is 0.0181. The van der Waals surface area contributed by atoms with Gasteiger partial charge in [-0.2, -0.15) is 15.0 Å². The molecule has 1 amide bonds. The normalized spacial score (nSPS) is 14.4. The number of anilines is 1. The number of ether oxygens (including phenoxy) is 1. The Labute approximate surface area is 103 Å². The summed E-state index contributed by atoms with van der Waals surface area (Å²) in [5.41, 5.74) is 5.48. The van der Waals surface area contributed by atoms with Crippen LogP contribution in [-0.4, -0.2) is 39.8 Å². The van der Waals surface area contributed by atoms with Crippen molar-refractivity contribution >= 4 is 23.6 Å². The second-order valence-electron chi connectivity index (χ2n) is 3.59. The first kappa shape index (κ1) is 11.9. The molecule has 0 saturated heterocycles. The van der Waals surface area contributed by atoms with E-state index < -0.39 is 0 Å². The van der Waals surface area contributed by atoms with E-state index in [1.54, 1.807) is 0 Å². The highest BCUT2D eigenvalue weighted by Crippen LogP contribution is 2.20. The number of carbonyl (C=O) groups is 1. The first-order valence-corrected chi connectivity index (χ1v) is 6.13. The molecule has 3 N–H and O–H groups in total. The Morgan fingerprint density at radius 2 is 2.29 bits per heavy atom. The van der Waals surface area contributed by atoms with Crippen LogP contribution in [-0.2, 0) is 4.79 Å². The number of nitrogens with two attached hydrogens (primary N) is 1. The molecule has 1 aromatic heterocycles. The minimum Gasteiger partial charge on any atom is -0.467 e. The van der Waals surface area contributed by atoms with Crippen LogP contribution in [0.2, 0.25) is 0 Å². The van der Waals surface area contributed by atoms with Gasteiger partial charge in [0.25, 0.3) is 0 Å². The number of thioether (sulfide) groups is 1. The van der Waals surface area contributed by atoms with Crippen LogP contribution in [0.4, 0.5) is 5.95 Å². The minimum atomic E-state index is -0.0181. The van der Waals surface area contributed by atoms with Crippen molar-refractivity contribution in [1.29, 1.82) is 0 Å². The average Bonchev–Trinajstić information content (AvgIpc) is 3.09. The second-order valence-corrected chi connectivity index (χ2v) is 4.54. The Hall–Kier alpha value is -1.57. The summed E-state index contributed by atoms with van der Waals surface area (Å²) < 4.78 is 4.86. The third kappa shape index (κ3) is 3.74. The maximum atomic E-state index is 11.4. The number of hydrogen-bond acceptors (Lipinski definition) is 7. The number of aromatic nitrogens is 3. The molecule has 17 heavy (non-hydrogen) atoms. The van der Waals surface area contributed by atoms with E-state index in [1.807, 2.05) is 0 Å². The standard InChI is InChI=1S/C9H13N5O2S/c1-16-8-12-7(10)13-9(14-8)17-4-6(15)11-5-2-3-5/h5H,2-4H2,1H3,(H,11,15)(H2,10,12,13,14). The molecule has 1 saturated carbocycles. The molecule has 0 aromatic carbocycles. The molecule has 1 aromatic rings. The van der Waals surface area contributed by atoms with Crippen molar-refractivity contribution < 1.29 is 9.53 Å². The fourth-order valence-corrected chi connectivity index (χ4v) is 1.78. The summed E-state index contributed by atoms with van der Waals surface area (Å²) in [6.07, 6.45) is 2.14. The fraction of sp³-hybridized carbons (Fsp3) is 0.556. The van der Waals surface area contributed by atoms with Crippen molar-refractivity contribution in [3.63, 3.8) is 0 Å². The summed E-state index contributed by atoms with van der Waals surface area (Å²) in [6.45, 7) is 0. The molecule has 1 aliphatic carbocycles. The molecule has 1 fully saturated rings. The fourth-order valence-electron chi connectivity index (χ4n) is 1.14. The van der Waals surface area contributed by atoms with E-state index in [2.05, 4.69) is 20.3 Å². The molecule has 1 heterocycles. The molecular weight excluding hydrogens is 242 g/mol. The average molecular weight is 255 g/mol. The van der Waals surface area contributed by atoms with Crippen LogP contribution in [0.15, 0.2) is 5.16 Å². The van der Waals surface area contributed by atoms with Crippen LogP contribution in [0.1, 0.15) is 12.8 Å². The predicted octanol–water partition coefficient (Wildman–Crippen LogP) is -0.167. The van der Waals surface area contributed by atoms with Crippen LogP contribution < -0.4 is 15.8 Å². The molecule has 1 aliphatic rings. The highest BCUT2D eigenvalue weighted by atomic mass is 32.2. The van der Waals surface area contributed by atoms with E-state index >= 15 is 0 Å². The predicted molar refractivity (Wildman–Crippen MR) is 62.7 cm³/mol. The number of amides is 1. The lowest BCUT2D eigenvalue weighted by molar-refractivity contribution is -0.118. The van der Waals surface area contributed by atoms with Gasteiger partial charge in [0.1, 0.15) is 0 Å². The zero-order chi connectivity index (χ0) is 12.3. The Morgan fingerprint density at radius 1 is 1.53 bits per heavy atom. The number of methoxy groups -OCH3 is 1. The topological polar surface area (TPSA) is 103 Å². The molecule has 8 heteroatoms. The number of carbonyl (C=O) groups excluding carboxylic acids is 1. The van der Waals surface area contributed by atoms with Crippen molar-refractivity contribution in [1.82, 2.24) is 20.3 Å². The van der Waals surface area contributed by atoms with Gasteiger partial charge < -0.3 is 15.8 Å². The third-order valence-electron chi connectivity index (χ3n) is 2.07. The van der Waals surface area contributed by atoms with E-state index in [0.717, 1.165) is 12.8 Å². The molecule has 0 spiro atoms. The quantitative estimate of drug-likeness (QED) is 0.704. The molecule has 0 aliphatic heterocycles. The van der Waals surface area contributed by atoms with Gasteiger partial charge in [0.15, 0.2) is 5.16 Å². The first-order chi connectivity index (χ1) is 8.17. The van der Waals surface area contributed by atoms with Gasteiger partial charge in [0, 0.05) is 6.04 Å². The smallest absolute Gasteiger partial charge is 0.321 e. The third-order valence-corrected chi connectivity index (χ3v) is 2.92. The lowest BCUT2D eigenvalue weighted by Crippen LogP contribution is -2.27. The van der Waals surface area contributed by atoms with Gasteiger partial charge in [0.2, 0.25) is 11.9 Å². The van der Waals surface area contributed by atoms with Crippen LogP contribution in [0.3, 0.4) is 0 Å². The van der Waals surface area contributed by atoms with Crippen molar-refractivity contribution in [3.05, 3.63) is 0 Å². The SMILES string of the molecule is COc1nc(N)nc(SCC(=O)NC2CC2)n1. The Kier molecular flexibility index (Phi) is 3.62. The Balaban J connectivity index is 1.88. The highest BCUT2D eigenvalue weighted by Gasteiger charge is 2.23. The molecule has 92 valence electrons. The van der Waals surface area contributed by atoms with Crippen LogP contribution >= 0.6 is 11.8 Å². The summed E-state index contributed by atoms with van der Waals surface area (Å²) in [5.74, 6) is 0.334. The maximum Gasteiger partial charge on any atom is 0.321 e. The van der Waals surface area contributed by atoms with E-state index in [0.29, 0.717) is 11.2 Å². The molecule has 0 bridgehead atoms. The number of nitrogens with one attached hydrogen (secondary N) is 1. The van der Waals surface area contributed by atoms with E-state index in [1.165, 1.54) is 18.9 Å². The molecule has 0 unspecified atom stereocenters. The summed E-state index contributed by atoms with van der Waals surface area (Å²) >= 11 is 1.21. The monoisotopic (exact) mass is 255 g/mol. The Bertz CT molecular complexity index is 424. The van der Waals surface area contributed by atoms with Gasteiger partial charge in [-0.15, -0.1) is 0 Å². The number of nitrogens with zero attached hydrogens (tertiary/aromatic N) is 3. The zero-order valence-corrected chi connectivity index (χ0v) is 10.2. The van der Waals surface area contributed by atoms with Crippen molar-refractivity contribution in [2.45, 2.75) is 24.0 Å². The van der Waals surface area contributed by atoms with Crippen molar-refractivity contribution in [3.8, 4) is 6.01 Å². The van der Waals surface area contributed by atoms with Crippen LogP contribution in [0.25, 0.3) is 0 Å². The van der Waals surface area contributed by atoms with Gasteiger partial charge >= 0.3 is 6.01 Å². The number of nitrogen functional groups attached to an aromatic ring is 1. The van der Waals surface area contributed by atoms with E-state index in [9.17, 15) is 4.79 Å². The molecule has 2 rings (SSSR count). The summed E-state index contributed by atoms with van der Waals surface area (Å²) in [5, 5.41) is 3.26.